The van der Waals surface area contributed by atoms with E-state index in [-0.39, 0.29) is 5.41 Å². The van der Waals surface area contributed by atoms with Gasteiger partial charge in [0.25, 0.3) is 0 Å². The monoisotopic (exact) mass is 277 g/mol. The molecule has 1 aliphatic heterocycles. The lowest BCUT2D eigenvalue weighted by atomic mass is 9.82. The van der Waals surface area contributed by atoms with Gasteiger partial charge >= 0.3 is 0 Å². The molecule has 1 aromatic rings. The number of rotatable bonds is 4. The second kappa shape index (κ2) is 6.25. The minimum atomic E-state index is 0.102. The lowest BCUT2D eigenvalue weighted by Gasteiger charge is -2.22. The Hall–Kier alpha value is -0.900. The van der Waals surface area contributed by atoms with Crippen LogP contribution in [0.2, 0.25) is 0 Å². The van der Waals surface area contributed by atoms with Crippen molar-refractivity contribution in [1.82, 2.24) is 15.5 Å². The highest BCUT2D eigenvalue weighted by molar-refractivity contribution is 5.11. The van der Waals surface area contributed by atoms with Crippen molar-refractivity contribution in [3.63, 3.8) is 0 Å². The van der Waals surface area contributed by atoms with E-state index >= 15 is 0 Å². The summed E-state index contributed by atoms with van der Waals surface area (Å²) in [6, 6.07) is 0. The van der Waals surface area contributed by atoms with Gasteiger partial charge in [-0.2, -0.15) is 4.98 Å². The first kappa shape index (κ1) is 14.1. The highest BCUT2D eigenvalue weighted by atomic mass is 16.5. The van der Waals surface area contributed by atoms with Crippen LogP contribution in [0.15, 0.2) is 4.52 Å². The molecule has 1 saturated carbocycles. The Morgan fingerprint density at radius 2 is 2.05 bits per heavy atom. The maximum Gasteiger partial charge on any atom is 0.234 e. The Bertz CT molecular complexity index is 415. The number of hydrogen-bond acceptors (Lipinski definition) is 4. The summed E-state index contributed by atoms with van der Waals surface area (Å²) in [5, 5.41) is 7.81. The van der Waals surface area contributed by atoms with Crippen molar-refractivity contribution in [3.8, 4) is 0 Å². The molecule has 1 atom stereocenters. The van der Waals surface area contributed by atoms with Crippen LogP contribution in [0.5, 0.6) is 0 Å². The van der Waals surface area contributed by atoms with Crippen LogP contribution < -0.4 is 5.32 Å². The Balaban J connectivity index is 1.77. The van der Waals surface area contributed by atoms with Crippen molar-refractivity contribution in [3.05, 3.63) is 11.7 Å². The maximum absolute atomic E-state index is 5.70. The molecule has 1 saturated heterocycles. The number of aromatic nitrogens is 2. The van der Waals surface area contributed by atoms with Gasteiger partial charge in [0, 0.05) is 12.5 Å². The van der Waals surface area contributed by atoms with Crippen LogP contribution in [0.25, 0.3) is 0 Å². The van der Waals surface area contributed by atoms with Crippen molar-refractivity contribution < 1.29 is 4.52 Å². The average Bonchev–Trinajstić information content (AvgIpc) is 3.04. The molecule has 0 aromatic carbocycles. The third-order valence-electron chi connectivity index (χ3n) is 5.09. The van der Waals surface area contributed by atoms with Gasteiger partial charge in [-0.25, -0.2) is 0 Å². The molecule has 0 bridgehead atoms. The number of hydrogen-bond donors (Lipinski definition) is 1. The largest absolute Gasteiger partial charge is 0.339 e. The summed E-state index contributed by atoms with van der Waals surface area (Å²) in [4.78, 5) is 4.83. The minimum Gasteiger partial charge on any atom is -0.339 e. The van der Waals surface area contributed by atoms with E-state index in [4.69, 9.17) is 9.51 Å². The molecular weight excluding hydrogens is 250 g/mol. The van der Waals surface area contributed by atoms with Crippen molar-refractivity contribution >= 4 is 0 Å². The lowest BCUT2D eigenvalue weighted by Crippen LogP contribution is -2.29. The molecule has 1 unspecified atom stereocenters. The molecule has 112 valence electrons. The number of nitrogens with zero attached hydrogens (tertiary/aromatic N) is 2. The van der Waals surface area contributed by atoms with Gasteiger partial charge in [0.2, 0.25) is 5.89 Å². The normalized spacial score (nSPS) is 28.6. The standard InChI is InChI=1S/C16H27N3O/c1-2-9-16(10-11-17-12-16)15-18-14(19-20-15)13-7-5-3-4-6-8-13/h13,17H,2-12H2,1H3. The Kier molecular flexibility index (Phi) is 4.39. The summed E-state index contributed by atoms with van der Waals surface area (Å²) >= 11 is 0. The smallest absolute Gasteiger partial charge is 0.234 e. The van der Waals surface area contributed by atoms with Crippen LogP contribution in [0.4, 0.5) is 0 Å². The van der Waals surface area contributed by atoms with Gasteiger partial charge in [0.05, 0.1) is 5.41 Å². The zero-order valence-corrected chi connectivity index (χ0v) is 12.7. The van der Waals surface area contributed by atoms with Gasteiger partial charge in [0.15, 0.2) is 5.82 Å². The van der Waals surface area contributed by atoms with Crippen LogP contribution in [0.3, 0.4) is 0 Å². The van der Waals surface area contributed by atoms with E-state index in [2.05, 4.69) is 17.4 Å². The molecule has 1 N–H and O–H groups in total. The van der Waals surface area contributed by atoms with Crippen LogP contribution in [-0.2, 0) is 5.41 Å². The molecule has 1 aromatic heterocycles. The summed E-state index contributed by atoms with van der Waals surface area (Å²) in [6.07, 6.45) is 11.3. The second-order valence-electron chi connectivity index (χ2n) is 6.60. The van der Waals surface area contributed by atoms with Crippen molar-refractivity contribution in [2.24, 2.45) is 0 Å². The molecular formula is C16H27N3O. The highest BCUT2D eigenvalue weighted by Gasteiger charge is 2.40. The summed E-state index contributed by atoms with van der Waals surface area (Å²) in [6.45, 7) is 4.30. The Morgan fingerprint density at radius 3 is 2.70 bits per heavy atom. The zero-order chi connectivity index (χ0) is 13.8. The molecule has 1 aliphatic carbocycles. The topological polar surface area (TPSA) is 51.0 Å². The molecule has 2 fully saturated rings. The van der Waals surface area contributed by atoms with E-state index in [1.54, 1.807) is 0 Å². The second-order valence-corrected chi connectivity index (χ2v) is 6.60. The molecule has 0 amide bonds. The van der Waals surface area contributed by atoms with Crippen LogP contribution in [0, 0.1) is 0 Å². The Labute approximate surface area is 121 Å². The van der Waals surface area contributed by atoms with Crippen molar-refractivity contribution in [2.45, 2.75) is 76.0 Å². The van der Waals surface area contributed by atoms with Crippen molar-refractivity contribution in [2.75, 3.05) is 13.1 Å². The van der Waals surface area contributed by atoms with E-state index in [1.807, 2.05) is 0 Å². The Morgan fingerprint density at radius 1 is 1.25 bits per heavy atom. The fourth-order valence-electron chi connectivity index (χ4n) is 3.88. The fourth-order valence-corrected chi connectivity index (χ4v) is 3.88. The summed E-state index contributed by atoms with van der Waals surface area (Å²) in [7, 11) is 0. The van der Waals surface area contributed by atoms with Gasteiger partial charge in [-0.15, -0.1) is 0 Å². The molecule has 2 aliphatic rings. The summed E-state index contributed by atoms with van der Waals surface area (Å²) < 4.78 is 5.70. The molecule has 4 nitrogen and oxygen atoms in total. The fraction of sp³-hybridized carbons (Fsp3) is 0.875. The first-order valence-corrected chi connectivity index (χ1v) is 8.39. The van der Waals surface area contributed by atoms with Gasteiger partial charge in [0.1, 0.15) is 0 Å². The predicted octanol–water partition coefficient (Wildman–Crippen LogP) is 3.54. The molecule has 2 heterocycles. The van der Waals surface area contributed by atoms with E-state index in [9.17, 15) is 0 Å². The van der Waals surface area contributed by atoms with Crippen LogP contribution in [0.1, 0.15) is 82.3 Å². The van der Waals surface area contributed by atoms with Crippen LogP contribution in [-0.4, -0.2) is 23.2 Å². The van der Waals surface area contributed by atoms with Crippen LogP contribution >= 0.6 is 0 Å². The third-order valence-corrected chi connectivity index (χ3v) is 5.09. The highest BCUT2D eigenvalue weighted by Crippen LogP contribution is 2.36. The maximum atomic E-state index is 5.70. The average molecular weight is 277 g/mol. The van der Waals surface area contributed by atoms with E-state index in [0.717, 1.165) is 37.6 Å². The molecule has 0 radical (unpaired) electrons. The van der Waals surface area contributed by atoms with E-state index in [0.29, 0.717) is 5.92 Å². The van der Waals surface area contributed by atoms with Gasteiger partial charge in [-0.3, -0.25) is 0 Å². The van der Waals surface area contributed by atoms with Gasteiger partial charge < -0.3 is 9.84 Å². The minimum absolute atomic E-state index is 0.102. The quantitative estimate of drug-likeness (QED) is 0.855. The van der Waals surface area contributed by atoms with Crippen molar-refractivity contribution in [1.29, 1.82) is 0 Å². The summed E-state index contributed by atoms with van der Waals surface area (Å²) in [5.74, 6) is 2.40. The predicted molar refractivity (Wildman–Crippen MR) is 78.8 cm³/mol. The molecule has 3 rings (SSSR count). The van der Waals surface area contributed by atoms with E-state index in [1.165, 1.54) is 44.9 Å². The molecule has 20 heavy (non-hydrogen) atoms. The molecule has 4 heteroatoms. The third kappa shape index (κ3) is 2.76. The first-order valence-electron chi connectivity index (χ1n) is 8.39. The molecule has 0 spiro atoms. The zero-order valence-electron chi connectivity index (χ0n) is 12.7. The van der Waals surface area contributed by atoms with E-state index < -0.39 is 0 Å². The van der Waals surface area contributed by atoms with Gasteiger partial charge in [-0.1, -0.05) is 44.2 Å². The SMILES string of the molecule is CCCC1(c2nc(C3CCCCCC3)no2)CCNC1. The lowest BCUT2D eigenvalue weighted by molar-refractivity contribution is 0.275. The first-order chi connectivity index (χ1) is 9.84. The van der Waals surface area contributed by atoms with Gasteiger partial charge in [-0.05, 0) is 32.2 Å². The summed E-state index contributed by atoms with van der Waals surface area (Å²) in [5.41, 5.74) is 0.102. The number of nitrogens with one attached hydrogen (secondary N) is 1.